The molecule has 0 aromatic heterocycles. The molecular formula is C17H20ClNO2. The zero-order valence-electron chi connectivity index (χ0n) is 12.3. The van der Waals surface area contributed by atoms with Gasteiger partial charge in [-0.2, -0.15) is 0 Å². The van der Waals surface area contributed by atoms with Crippen LogP contribution in [0, 0.1) is 11.3 Å². The first kappa shape index (κ1) is 14.6. The van der Waals surface area contributed by atoms with Crippen molar-refractivity contribution in [1.82, 2.24) is 0 Å². The molecule has 1 aromatic rings. The Bertz CT molecular complexity index is 586. The van der Waals surface area contributed by atoms with Gasteiger partial charge in [-0.15, -0.1) is 0 Å². The molecule has 1 saturated carbocycles. The van der Waals surface area contributed by atoms with Crippen molar-refractivity contribution in [3.05, 3.63) is 29.3 Å². The van der Waals surface area contributed by atoms with E-state index >= 15 is 0 Å². The molecule has 21 heavy (non-hydrogen) atoms. The number of Topliss-reactive ketones (excluding diaryl/α,β-unsaturated/α-hetero) is 1. The third-order valence-electron chi connectivity index (χ3n) is 5.05. The molecule has 2 fully saturated rings. The fourth-order valence-corrected chi connectivity index (χ4v) is 4.03. The molecule has 1 aliphatic carbocycles. The van der Waals surface area contributed by atoms with Crippen LogP contribution in [0.4, 0.5) is 5.69 Å². The van der Waals surface area contributed by atoms with Crippen LogP contribution in [0.2, 0.25) is 5.02 Å². The van der Waals surface area contributed by atoms with Gasteiger partial charge in [-0.1, -0.05) is 24.1 Å². The topological polar surface area (TPSA) is 37.4 Å². The second-order valence-corrected chi connectivity index (χ2v) is 6.81. The van der Waals surface area contributed by atoms with E-state index in [1.54, 1.807) is 6.92 Å². The summed E-state index contributed by atoms with van der Waals surface area (Å²) in [5, 5.41) is 0.645. The summed E-state index contributed by atoms with van der Waals surface area (Å²) in [6.07, 6.45) is 4.38. The van der Waals surface area contributed by atoms with E-state index in [1.807, 2.05) is 29.2 Å². The number of hydrogen-bond donors (Lipinski definition) is 0. The van der Waals surface area contributed by atoms with Crippen LogP contribution in [-0.2, 0) is 9.59 Å². The zero-order chi connectivity index (χ0) is 15.0. The maximum atomic E-state index is 12.9. The highest BCUT2D eigenvalue weighted by molar-refractivity contribution is 6.31. The summed E-state index contributed by atoms with van der Waals surface area (Å²) in [6.45, 7) is 2.38. The molecule has 3 nitrogen and oxygen atoms in total. The highest BCUT2D eigenvalue weighted by Crippen LogP contribution is 2.48. The van der Waals surface area contributed by atoms with Gasteiger partial charge in [0.05, 0.1) is 5.41 Å². The van der Waals surface area contributed by atoms with Crippen LogP contribution >= 0.6 is 11.6 Å². The average Bonchev–Trinajstić information content (AvgIpc) is 2.76. The Labute approximate surface area is 130 Å². The van der Waals surface area contributed by atoms with E-state index in [0.717, 1.165) is 44.3 Å². The lowest BCUT2D eigenvalue weighted by atomic mass is 9.68. The Kier molecular flexibility index (Phi) is 3.78. The van der Waals surface area contributed by atoms with Crippen molar-refractivity contribution in [3.8, 4) is 0 Å². The van der Waals surface area contributed by atoms with Crippen LogP contribution < -0.4 is 4.90 Å². The van der Waals surface area contributed by atoms with Crippen LogP contribution in [0.1, 0.15) is 39.0 Å². The quantitative estimate of drug-likeness (QED) is 0.832. The largest absolute Gasteiger partial charge is 0.312 e. The number of nitrogens with zero attached hydrogens (tertiary/aromatic N) is 1. The number of hydrogen-bond acceptors (Lipinski definition) is 2. The minimum atomic E-state index is -0.323. The van der Waals surface area contributed by atoms with E-state index in [2.05, 4.69) is 0 Å². The highest BCUT2D eigenvalue weighted by atomic mass is 35.5. The van der Waals surface area contributed by atoms with Crippen molar-refractivity contribution in [2.75, 3.05) is 11.4 Å². The molecule has 1 amide bonds. The molecule has 0 bridgehead atoms. The van der Waals surface area contributed by atoms with Gasteiger partial charge in [-0.3, -0.25) is 9.59 Å². The third kappa shape index (κ3) is 2.59. The van der Waals surface area contributed by atoms with E-state index in [1.165, 1.54) is 0 Å². The van der Waals surface area contributed by atoms with Crippen LogP contribution in [0.3, 0.4) is 0 Å². The maximum Gasteiger partial charge on any atom is 0.233 e. The lowest BCUT2D eigenvalue weighted by molar-refractivity contribution is -0.130. The van der Waals surface area contributed by atoms with E-state index < -0.39 is 0 Å². The molecule has 1 spiro atoms. The summed E-state index contributed by atoms with van der Waals surface area (Å²) in [5.41, 5.74) is 0.547. The van der Waals surface area contributed by atoms with Crippen molar-refractivity contribution in [2.24, 2.45) is 11.3 Å². The predicted molar refractivity (Wildman–Crippen MR) is 83.5 cm³/mol. The average molecular weight is 306 g/mol. The molecular weight excluding hydrogens is 286 g/mol. The van der Waals surface area contributed by atoms with E-state index in [-0.39, 0.29) is 23.0 Å². The first-order chi connectivity index (χ1) is 10.0. The van der Waals surface area contributed by atoms with Crippen molar-refractivity contribution in [2.45, 2.75) is 39.0 Å². The molecule has 1 heterocycles. The van der Waals surface area contributed by atoms with Gasteiger partial charge in [0.15, 0.2) is 0 Å². The minimum Gasteiger partial charge on any atom is -0.312 e. The van der Waals surface area contributed by atoms with Crippen molar-refractivity contribution in [1.29, 1.82) is 0 Å². The number of halogens is 1. The minimum absolute atomic E-state index is 0.0574. The standard InChI is InChI=1S/C17H20ClNO2/c1-12(20)13-4-3-7-17(11-13)8-9-19(16(17)21)15-6-2-5-14(18)10-15/h2,5-6,10,13H,3-4,7-9,11H2,1H3/t13-,17-/m0/s1. The lowest BCUT2D eigenvalue weighted by Gasteiger charge is -2.35. The molecule has 112 valence electrons. The normalized spacial score (nSPS) is 29.1. The Morgan fingerprint density at radius 1 is 1.38 bits per heavy atom. The molecule has 1 aliphatic heterocycles. The lowest BCUT2D eigenvalue weighted by Crippen LogP contribution is -2.39. The Balaban J connectivity index is 1.84. The second kappa shape index (κ2) is 5.45. The summed E-state index contributed by atoms with van der Waals surface area (Å²) >= 11 is 6.03. The van der Waals surface area contributed by atoms with Gasteiger partial charge in [0.2, 0.25) is 5.91 Å². The van der Waals surface area contributed by atoms with Gasteiger partial charge >= 0.3 is 0 Å². The number of benzene rings is 1. The first-order valence-electron chi connectivity index (χ1n) is 7.60. The molecule has 2 aliphatic rings. The van der Waals surface area contributed by atoms with Gasteiger partial charge in [0.1, 0.15) is 5.78 Å². The van der Waals surface area contributed by atoms with E-state index in [4.69, 9.17) is 11.6 Å². The second-order valence-electron chi connectivity index (χ2n) is 6.37. The molecule has 0 radical (unpaired) electrons. The third-order valence-corrected chi connectivity index (χ3v) is 5.29. The first-order valence-corrected chi connectivity index (χ1v) is 7.98. The highest BCUT2D eigenvalue weighted by Gasteiger charge is 2.50. The Morgan fingerprint density at radius 2 is 2.19 bits per heavy atom. The van der Waals surface area contributed by atoms with Crippen molar-refractivity contribution in [3.63, 3.8) is 0 Å². The number of anilines is 1. The number of carbonyl (C=O) groups is 2. The van der Waals surface area contributed by atoms with Crippen molar-refractivity contribution >= 4 is 29.0 Å². The van der Waals surface area contributed by atoms with Gasteiger partial charge in [0, 0.05) is 23.2 Å². The number of ketones is 1. The zero-order valence-corrected chi connectivity index (χ0v) is 13.0. The van der Waals surface area contributed by atoms with E-state index in [0.29, 0.717) is 5.02 Å². The van der Waals surface area contributed by atoms with Crippen LogP contribution in [-0.4, -0.2) is 18.2 Å². The van der Waals surface area contributed by atoms with Crippen molar-refractivity contribution < 1.29 is 9.59 Å². The molecule has 4 heteroatoms. The Morgan fingerprint density at radius 3 is 2.90 bits per heavy atom. The molecule has 3 rings (SSSR count). The fraction of sp³-hybridized carbons (Fsp3) is 0.529. The molecule has 1 aromatic carbocycles. The van der Waals surface area contributed by atoms with Crippen LogP contribution in [0.5, 0.6) is 0 Å². The number of amides is 1. The number of rotatable bonds is 2. The fourth-order valence-electron chi connectivity index (χ4n) is 3.84. The van der Waals surface area contributed by atoms with Gasteiger partial charge < -0.3 is 4.90 Å². The van der Waals surface area contributed by atoms with Crippen LogP contribution in [0.25, 0.3) is 0 Å². The van der Waals surface area contributed by atoms with Crippen LogP contribution in [0.15, 0.2) is 24.3 Å². The summed E-state index contributed by atoms with van der Waals surface area (Å²) in [7, 11) is 0. The van der Waals surface area contributed by atoms with Gasteiger partial charge in [-0.05, 0) is 50.8 Å². The summed E-state index contributed by atoms with van der Waals surface area (Å²) in [4.78, 5) is 26.5. The molecule has 1 saturated heterocycles. The monoisotopic (exact) mass is 305 g/mol. The molecule has 0 N–H and O–H groups in total. The summed E-state index contributed by atoms with van der Waals surface area (Å²) in [6, 6.07) is 7.45. The maximum absolute atomic E-state index is 12.9. The van der Waals surface area contributed by atoms with Gasteiger partial charge in [-0.25, -0.2) is 0 Å². The van der Waals surface area contributed by atoms with Gasteiger partial charge in [0.25, 0.3) is 0 Å². The molecule has 2 atom stereocenters. The summed E-state index contributed by atoms with van der Waals surface area (Å²) in [5.74, 6) is 0.459. The smallest absolute Gasteiger partial charge is 0.233 e. The molecule has 0 unspecified atom stereocenters. The predicted octanol–water partition coefficient (Wildman–Crippen LogP) is 3.84. The summed E-state index contributed by atoms with van der Waals surface area (Å²) < 4.78 is 0. The SMILES string of the molecule is CC(=O)[C@H]1CCC[C@]2(CCN(c3cccc(Cl)c3)C2=O)C1. The Hall–Kier alpha value is -1.35. The number of carbonyl (C=O) groups excluding carboxylic acids is 2. The van der Waals surface area contributed by atoms with E-state index in [9.17, 15) is 9.59 Å².